The number of nitrogens with zero attached hydrogens (tertiary/aromatic N) is 1. The van der Waals surface area contributed by atoms with Gasteiger partial charge in [0.2, 0.25) is 5.91 Å². The first-order valence-electron chi connectivity index (χ1n) is 8.68. The summed E-state index contributed by atoms with van der Waals surface area (Å²) in [5.41, 5.74) is 2.51. The van der Waals surface area contributed by atoms with Gasteiger partial charge in [-0.25, -0.2) is 0 Å². The van der Waals surface area contributed by atoms with E-state index in [0.29, 0.717) is 29.9 Å². The van der Waals surface area contributed by atoms with E-state index >= 15 is 0 Å². The lowest BCUT2D eigenvalue weighted by atomic mass is 10.0. The molecule has 0 unspecified atom stereocenters. The number of carbonyl (C=O) groups excluding carboxylic acids is 3. The molecule has 1 aromatic rings. The molecule has 1 saturated heterocycles. The van der Waals surface area contributed by atoms with E-state index in [1.54, 1.807) is 6.92 Å². The Morgan fingerprint density at radius 3 is 2.21 bits per heavy atom. The third-order valence-corrected chi connectivity index (χ3v) is 5.09. The van der Waals surface area contributed by atoms with Gasteiger partial charge in [0.1, 0.15) is 5.69 Å². The summed E-state index contributed by atoms with van der Waals surface area (Å²) >= 11 is 0. The molecule has 0 bridgehead atoms. The van der Waals surface area contributed by atoms with Crippen molar-refractivity contribution in [1.82, 2.24) is 15.2 Å². The van der Waals surface area contributed by atoms with Crippen LogP contribution in [-0.2, 0) is 4.79 Å². The lowest BCUT2D eigenvalue weighted by Gasteiger charge is -2.32. The Labute approximate surface area is 142 Å². The number of hydrogen-bond acceptors (Lipinski definition) is 3. The molecule has 3 rings (SSSR count). The number of Topliss-reactive ketones (excluding diaryl/α,β-unsaturated/α-hetero) is 1. The molecule has 6 heteroatoms. The molecule has 1 aliphatic carbocycles. The Morgan fingerprint density at radius 2 is 1.71 bits per heavy atom. The maximum Gasteiger partial charge on any atom is 0.268 e. The number of carbonyl (C=O) groups is 3. The molecule has 0 radical (unpaired) electrons. The molecule has 1 aliphatic heterocycles. The molecular formula is C18H25N3O3. The Morgan fingerprint density at radius 1 is 1.08 bits per heavy atom. The quantitative estimate of drug-likeness (QED) is 0.828. The average Bonchev–Trinajstić information content (AvgIpc) is 3.32. The SMILES string of the molecule is CC(=O)c1c(C)[nH]c(C(=O)NC2CCN(C(=O)C3CC3)CC2)c1C. The van der Waals surface area contributed by atoms with Crippen molar-refractivity contribution < 1.29 is 14.4 Å². The summed E-state index contributed by atoms with van der Waals surface area (Å²) in [5, 5.41) is 3.04. The molecule has 2 heterocycles. The highest BCUT2D eigenvalue weighted by atomic mass is 16.2. The van der Waals surface area contributed by atoms with Gasteiger partial charge in [0.15, 0.2) is 5.78 Å². The van der Waals surface area contributed by atoms with Crippen molar-refractivity contribution in [3.05, 3.63) is 22.5 Å². The highest BCUT2D eigenvalue weighted by Crippen LogP contribution is 2.32. The number of H-pyrrole nitrogens is 1. The zero-order chi connectivity index (χ0) is 17.4. The standard InChI is InChI=1S/C18H25N3O3/c1-10-15(12(3)22)11(2)19-16(10)17(23)20-14-6-8-21(9-7-14)18(24)13-4-5-13/h13-14,19H,4-9H2,1-3H3,(H,20,23). The van der Waals surface area contributed by atoms with Crippen molar-refractivity contribution in [2.24, 2.45) is 5.92 Å². The van der Waals surface area contributed by atoms with Crippen LogP contribution in [0, 0.1) is 19.8 Å². The predicted molar refractivity (Wildman–Crippen MR) is 90.1 cm³/mol. The highest BCUT2D eigenvalue weighted by molar-refractivity contribution is 6.02. The molecule has 24 heavy (non-hydrogen) atoms. The zero-order valence-electron chi connectivity index (χ0n) is 14.6. The number of amides is 2. The fourth-order valence-corrected chi connectivity index (χ4v) is 3.60. The van der Waals surface area contributed by atoms with E-state index in [1.807, 2.05) is 11.8 Å². The van der Waals surface area contributed by atoms with Crippen molar-refractivity contribution >= 4 is 17.6 Å². The minimum absolute atomic E-state index is 0.0350. The van der Waals surface area contributed by atoms with E-state index in [2.05, 4.69) is 10.3 Å². The lowest BCUT2D eigenvalue weighted by molar-refractivity contribution is -0.133. The molecule has 2 fully saturated rings. The molecular weight excluding hydrogens is 306 g/mol. The first-order valence-corrected chi connectivity index (χ1v) is 8.68. The number of nitrogens with one attached hydrogen (secondary N) is 2. The molecule has 130 valence electrons. The third-order valence-electron chi connectivity index (χ3n) is 5.09. The van der Waals surface area contributed by atoms with Gasteiger partial charge in [0.25, 0.3) is 5.91 Å². The van der Waals surface area contributed by atoms with E-state index < -0.39 is 0 Å². The van der Waals surface area contributed by atoms with Crippen molar-refractivity contribution in [2.75, 3.05) is 13.1 Å². The Bertz CT molecular complexity index is 680. The maximum atomic E-state index is 12.5. The number of piperidine rings is 1. The maximum absolute atomic E-state index is 12.5. The van der Waals surface area contributed by atoms with Crippen LogP contribution in [0.4, 0.5) is 0 Å². The van der Waals surface area contributed by atoms with Crippen LogP contribution >= 0.6 is 0 Å². The highest BCUT2D eigenvalue weighted by Gasteiger charge is 2.35. The summed E-state index contributed by atoms with van der Waals surface area (Å²) in [6.07, 6.45) is 3.61. The molecule has 2 aliphatic rings. The number of aryl methyl sites for hydroxylation is 1. The fraction of sp³-hybridized carbons (Fsp3) is 0.611. The number of likely N-dealkylation sites (tertiary alicyclic amines) is 1. The van der Waals surface area contributed by atoms with E-state index in [4.69, 9.17) is 0 Å². The summed E-state index contributed by atoms with van der Waals surface area (Å²) in [7, 11) is 0. The predicted octanol–water partition coefficient (Wildman–Crippen LogP) is 1.96. The summed E-state index contributed by atoms with van der Waals surface area (Å²) in [6, 6.07) is 0.0736. The van der Waals surface area contributed by atoms with Crippen molar-refractivity contribution in [3.8, 4) is 0 Å². The molecule has 0 aromatic carbocycles. The molecule has 0 atom stereocenters. The first-order chi connectivity index (χ1) is 11.4. The minimum atomic E-state index is -0.171. The number of aromatic nitrogens is 1. The average molecular weight is 331 g/mol. The van der Waals surface area contributed by atoms with Crippen molar-refractivity contribution in [1.29, 1.82) is 0 Å². The molecule has 2 N–H and O–H groups in total. The van der Waals surface area contributed by atoms with Crippen LogP contribution in [0.3, 0.4) is 0 Å². The van der Waals surface area contributed by atoms with Crippen LogP contribution in [0.25, 0.3) is 0 Å². The third kappa shape index (κ3) is 3.23. The lowest BCUT2D eigenvalue weighted by Crippen LogP contribution is -2.47. The van der Waals surface area contributed by atoms with E-state index in [9.17, 15) is 14.4 Å². The van der Waals surface area contributed by atoms with Crippen LogP contribution < -0.4 is 5.32 Å². The van der Waals surface area contributed by atoms with Crippen LogP contribution in [0.2, 0.25) is 0 Å². The first kappa shape index (κ1) is 16.7. The zero-order valence-corrected chi connectivity index (χ0v) is 14.6. The van der Waals surface area contributed by atoms with Crippen LogP contribution in [-0.4, -0.2) is 46.6 Å². The van der Waals surface area contributed by atoms with E-state index in [-0.39, 0.29) is 29.6 Å². The minimum Gasteiger partial charge on any atom is -0.354 e. The monoisotopic (exact) mass is 331 g/mol. The molecule has 1 aromatic heterocycles. The van der Waals surface area contributed by atoms with Gasteiger partial charge in [-0.2, -0.15) is 0 Å². The molecule has 1 saturated carbocycles. The molecule has 0 spiro atoms. The Balaban J connectivity index is 1.59. The van der Waals surface area contributed by atoms with Gasteiger partial charge in [-0.05, 0) is 52.0 Å². The van der Waals surface area contributed by atoms with Gasteiger partial charge in [-0.15, -0.1) is 0 Å². The van der Waals surface area contributed by atoms with Crippen molar-refractivity contribution in [2.45, 2.75) is 52.5 Å². The Hall–Kier alpha value is -2.11. The van der Waals surface area contributed by atoms with Gasteiger partial charge in [-0.3, -0.25) is 14.4 Å². The largest absolute Gasteiger partial charge is 0.354 e. The second-order valence-electron chi connectivity index (χ2n) is 7.03. The topological polar surface area (TPSA) is 82.3 Å². The van der Waals surface area contributed by atoms with Gasteiger partial charge in [0.05, 0.1) is 0 Å². The van der Waals surface area contributed by atoms with E-state index in [1.165, 1.54) is 6.92 Å². The van der Waals surface area contributed by atoms with Gasteiger partial charge in [0, 0.05) is 36.3 Å². The van der Waals surface area contributed by atoms with Crippen LogP contribution in [0.1, 0.15) is 64.7 Å². The van der Waals surface area contributed by atoms with Gasteiger partial charge < -0.3 is 15.2 Å². The van der Waals surface area contributed by atoms with Crippen LogP contribution in [0.5, 0.6) is 0 Å². The van der Waals surface area contributed by atoms with Crippen LogP contribution in [0.15, 0.2) is 0 Å². The number of rotatable bonds is 4. The van der Waals surface area contributed by atoms with E-state index in [0.717, 1.165) is 31.4 Å². The smallest absolute Gasteiger partial charge is 0.268 e. The van der Waals surface area contributed by atoms with Crippen molar-refractivity contribution in [3.63, 3.8) is 0 Å². The molecule has 2 amide bonds. The summed E-state index contributed by atoms with van der Waals surface area (Å²) in [4.78, 5) is 41.2. The number of aromatic amines is 1. The molecule has 6 nitrogen and oxygen atoms in total. The fourth-order valence-electron chi connectivity index (χ4n) is 3.60. The summed E-state index contributed by atoms with van der Waals surface area (Å²) in [6.45, 7) is 6.54. The number of hydrogen-bond donors (Lipinski definition) is 2. The second kappa shape index (κ2) is 6.42. The Kier molecular flexibility index (Phi) is 4.47. The summed E-state index contributed by atoms with van der Waals surface area (Å²) < 4.78 is 0. The number of ketones is 1. The van der Waals surface area contributed by atoms with Gasteiger partial charge in [-0.1, -0.05) is 0 Å². The van der Waals surface area contributed by atoms with Gasteiger partial charge >= 0.3 is 0 Å². The normalized spacial score (nSPS) is 18.5. The second-order valence-corrected chi connectivity index (χ2v) is 7.03. The summed E-state index contributed by atoms with van der Waals surface area (Å²) in [5.74, 6) is 0.328.